The van der Waals surface area contributed by atoms with Crippen LogP contribution in [-0.2, 0) is 0 Å². The summed E-state index contributed by atoms with van der Waals surface area (Å²) in [7, 11) is 0. The number of ether oxygens (including phenoxy) is 1. The van der Waals surface area contributed by atoms with Crippen LogP contribution in [0.1, 0.15) is 5.69 Å². The lowest BCUT2D eigenvalue weighted by atomic mass is 10.2. The SMILES string of the molecule is Cc1cc2nc(Oc3ccccc3F)c3ccccc3n2n1. The molecule has 0 spiro atoms. The molecule has 4 rings (SSSR count). The predicted octanol–water partition coefficient (Wildman–Crippen LogP) is 4.12. The molecule has 0 fully saturated rings. The maximum absolute atomic E-state index is 13.8. The number of hydrogen-bond donors (Lipinski definition) is 0. The molecule has 4 nitrogen and oxygen atoms in total. The second-order valence-corrected chi connectivity index (χ2v) is 5.02. The Hall–Kier alpha value is -2.95. The maximum atomic E-state index is 13.8. The Kier molecular flexibility index (Phi) is 2.79. The Bertz CT molecular complexity index is 994. The maximum Gasteiger partial charge on any atom is 0.230 e. The zero-order valence-corrected chi connectivity index (χ0v) is 11.8. The molecule has 2 aromatic carbocycles. The van der Waals surface area contributed by atoms with Gasteiger partial charge in [0.25, 0.3) is 0 Å². The van der Waals surface area contributed by atoms with Crippen LogP contribution in [0, 0.1) is 12.7 Å². The highest BCUT2D eigenvalue weighted by molar-refractivity contribution is 5.86. The van der Waals surface area contributed by atoms with Gasteiger partial charge in [-0.05, 0) is 31.2 Å². The highest BCUT2D eigenvalue weighted by atomic mass is 19.1. The highest BCUT2D eigenvalue weighted by Crippen LogP contribution is 2.30. The van der Waals surface area contributed by atoms with E-state index in [-0.39, 0.29) is 5.75 Å². The third-order valence-electron chi connectivity index (χ3n) is 3.43. The van der Waals surface area contributed by atoms with Gasteiger partial charge in [-0.25, -0.2) is 8.91 Å². The van der Waals surface area contributed by atoms with E-state index in [9.17, 15) is 4.39 Å². The molecule has 0 bridgehead atoms. The van der Waals surface area contributed by atoms with Gasteiger partial charge in [0.2, 0.25) is 5.88 Å². The minimum Gasteiger partial charge on any atom is -0.435 e. The Morgan fingerprint density at radius 2 is 1.82 bits per heavy atom. The molecular weight excluding hydrogens is 281 g/mol. The fourth-order valence-corrected chi connectivity index (χ4v) is 2.46. The van der Waals surface area contributed by atoms with Crippen molar-refractivity contribution >= 4 is 16.6 Å². The van der Waals surface area contributed by atoms with Crippen LogP contribution in [-0.4, -0.2) is 14.6 Å². The van der Waals surface area contributed by atoms with Gasteiger partial charge in [-0.15, -0.1) is 0 Å². The number of fused-ring (bicyclic) bond motifs is 3. The lowest BCUT2D eigenvalue weighted by Crippen LogP contribution is -1.98. The molecule has 0 saturated heterocycles. The summed E-state index contributed by atoms with van der Waals surface area (Å²) in [5, 5.41) is 5.21. The molecule has 22 heavy (non-hydrogen) atoms. The molecule has 5 heteroatoms. The van der Waals surface area contributed by atoms with Crippen molar-refractivity contribution in [2.75, 3.05) is 0 Å². The first-order chi connectivity index (χ1) is 10.7. The third-order valence-corrected chi connectivity index (χ3v) is 3.43. The lowest BCUT2D eigenvalue weighted by molar-refractivity contribution is 0.433. The molecule has 0 aliphatic heterocycles. The minimum atomic E-state index is -0.419. The topological polar surface area (TPSA) is 39.4 Å². The summed E-state index contributed by atoms with van der Waals surface area (Å²) in [6.07, 6.45) is 0. The van der Waals surface area contributed by atoms with Crippen LogP contribution < -0.4 is 4.74 Å². The molecule has 0 amide bonds. The molecule has 0 saturated carbocycles. The second kappa shape index (κ2) is 4.80. The molecule has 2 aromatic heterocycles. The first-order valence-electron chi connectivity index (χ1n) is 6.90. The van der Waals surface area contributed by atoms with E-state index in [1.165, 1.54) is 6.07 Å². The van der Waals surface area contributed by atoms with Crippen LogP contribution in [0.3, 0.4) is 0 Å². The quantitative estimate of drug-likeness (QED) is 0.558. The van der Waals surface area contributed by atoms with Gasteiger partial charge < -0.3 is 4.74 Å². The normalized spacial score (nSPS) is 11.2. The number of aromatic nitrogens is 3. The van der Waals surface area contributed by atoms with Crippen LogP contribution in [0.15, 0.2) is 54.6 Å². The number of rotatable bonds is 2. The van der Waals surface area contributed by atoms with E-state index < -0.39 is 5.82 Å². The van der Waals surface area contributed by atoms with Crippen molar-refractivity contribution in [1.82, 2.24) is 14.6 Å². The van der Waals surface area contributed by atoms with Crippen molar-refractivity contribution in [3.05, 3.63) is 66.1 Å². The predicted molar refractivity (Wildman–Crippen MR) is 81.7 cm³/mol. The fourth-order valence-electron chi connectivity index (χ4n) is 2.46. The monoisotopic (exact) mass is 293 g/mol. The Morgan fingerprint density at radius 3 is 2.68 bits per heavy atom. The first kappa shape index (κ1) is 12.8. The van der Waals surface area contributed by atoms with Crippen LogP contribution in [0.25, 0.3) is 16.6 Å². The van der Waals surface area contributed by atoms with Gasteiger partial charge >= 0.3 is 0 Å². The van der Waals surface area contributed by atoms with E-state index in [4.69, 9.17) is 4.74 Å². The number of para-hydroxylation sites is 2. The molecule has 0 atom stereocenters. The molecular formula is C17H12FN3O. The molecule has 0 unspecified atom stereocenters. The highest BCUT2D eigenvalue weighted by Gasteiger charge is 2.13. The van der Waals surface area contributed by atoms with Crippen LogP contribution >= 0.6 is 0 Å². The smallest absolute Gasteiger partial charge is 0.230 e. The molecule has 0 radical (unpaired) electrons. The number of hydrogen-bond acceptors (Lipinski definition) is 3. The summed E-state index contributed by atoms with van der Waals surface area (Å²) >= 11 is 0. The summed E-state index contributed by atoms with van der Waals surface area (Å²) < 4.78 is 21.3. The summed E-state index contributed by atoms with van der Waals surface area (Å²) in [6.45, 7) is 1.90. The molecule has 0 N–H and O–H groups in total. The van der Waals surface area contributed by atoms with Crippen LogP contribution in [0.4, 0.5) is 4.39 Å². The van der Waals surface area contributed by atoms with Gasteiger partial charge in [0.1, 0.15) is 0 Å². The summed E-state index contributed by atoms with van der Waals surface area (Å²) in [6, 6.07) is 15.8. The summed E-state index contributed by atoms with van der Waals surface area (Å²) in [5.41, 5.74) is 2.40. The van der Waals surface area contributed by atoms with E-state index in [2.05, 4.69) is 10.1 Å². The average molecular weight is 293 g/mol. The van der Waals surface area contributed by atoms with Crippen molar-refractivity contribution in [3.63, 3.8) is 0 Å². The Labute approximate surface area is 125 Å². The van der Waals surface area contributed by atoms with E-state index in [1.54, 1.807) is 22.7 Å². The zero-order valence-electron chi connectivity index (χ0n) is 11.8. The number of aryl methyl sites for hydroxylation is 1. The fraction of sp³-hybridized carbons (Fsp3) is 0.0588. The standard InChI is InChI=1S/C17H12FN3O/c1-11-10-16-19-17(22-15-9-5-3-7-13(15)18)12-6-2-4-8-14(12)21(16)20-11/h2-10H,1H3. The number of halogens is 1. The van der Waals surface area contributed by atoms with Crippen molar-refractivity contribution in [2.45, 2.75) is 6.92 Å². The first-order valence-corrected chi connectivity index (χ1v) is 6.90. The third kappa shape index (κ3) is 1.98. The van der Waals surface area contributed by atoms with Crippen molar-refractivity contribution < 1.29 is 9.13 Å². The lowest BCUT2D eigenvalue weighted by Gasteiger charge is -2.09. The van der Waals surface area contributed by atoms with Crippen LogP contribution in [0.5, 0.6) is 11.6 Å². The Balaban J connectivity index is 1.97. The van der Waals surface area contributed by atoms with Gasteiger partial charge in [-0.3, -0.25) is 0 Å². The largest absolute Gasteiger partial charge is 0.435 e. The van der Waals surface area contributed by atoms with Gasteiger partial charge in [0.15, 0.2) is 17.2 Å². The minimum absolute atomic E-state index is 0.153. The summed E-state index contributed by atoms with van der Waals surface area (Å²) in [4.78, 5) is 4.47. The molecule has 0 aliphatic carbocycles. The van der Waals surface area contributed by atoms with Crippen LogP contribution in [0.2, 0.25) is 0 Å². The van der Waals surface area contributed by atoms with E-state index in [1.807, 2.05) is 37.3 Å². The van der Waals surface area contributed by atoms with Gasteiger partial charge in [0, 0.05) is 6.07 Å². The summed E-state index contributed by atoms with van der Waals surface area (Å²) in [5.74, 6) is 0.104. The van der Waals surface area contributed by atoms with Crippen molar-refractivity contribution in [3.8, 4) is 11.6 Å². The van der Waals surface area contributed by atoms with Gasteiger partial charge in [-0.1, -0.05) is 24.3 Å². The van der Waals surface area contributed by atoms with Gasteiger partial charge in [-0.2, -0.15) is 10.1 Å². The van der Waals surface area contributed by atoms with E-state index in [0.29, 0.717) is 11.5 Å². The van der Waals surface area contributed by atoms with Crippen molar-refractivity contribution in [2.24, 2.45) is 0 Å². The van der Waals surface area contributed by atoms with E-state index >= 15 is 0 Å². The number of benzene rings is 2. The molecule has 2 heterocycles. The molecule has 108 valence electrons. The molecule has 0 aliphatic rings. The average Bonchev–Trinajstić information content (AvgIpc) is 2.90. The zero-order chi connectivity index (χ0) is 15.1. The number of nitrogens with zero attached hydrogens (tertiary/aromatic N) is 3. The van der Waals surface area contributed by atoms with E-state index in [0.717, 1.165) is 16.6 Å². The molecule has 4 aromatic rings. The van der Waals surface area contributed by atoms with Gasteiger partial charge in [0.05, 0.1) is 16.6 Å². The second-order valence-electron chi connectivity index (χ2n) is 5.02. The Morgan fingerprint density at radius 1 is 1.05 bits per heavy atom. The van der Waals surface area contributed by atoms with Crippen molar-refractivity contribution in [1.29, 1.82) is 0 Å².